The van der Waals surface area contributed by atoms with Crippen molar-refractivity contribution in [1.29, 1.82) is 0 Å². The third-order valence-electron chi connectivity index (χ3n) is 4.50. The summed E-state index contributed by atoms with van der Waals surface area (Å²) in [6, 6.07) is 12.0. The minimum atomic E-state index is -0.168. The van der Waals surface area contributed by atoms with Gasteiger partial charge in [0.05, 0.1) is 17.7 Å². The van der Waals surface area contributed by atoms with Crippen molar-refractivity contribution in [3.05, 3.63) is 58.1 Å². The number of benzene rings is 2. The summed E-state index contributed by atoms with van der Waals surface area (Å²) in [5.41, 5.74) is 0.408. The molecule has 0 saturated carbocycles. The highest BCUT2D eigenvalue weighted by Crippen LogP contribution is 2.26. The normalized spacial score (nSPS) is 14.0. The smallest absolute Gasteiger partial charge is 0.260 e. The quantitative estimate of drug-likeness (QED) is 0.740. The van der Waals surface area contributed by atoms with Crippen LogP contribution in [0.15, 0.2) is 42.5 Å². The Morgan fingerprint density at radius 1 is 0.964 bits per heavy atom. The van der Waals surface area contributed by atoms with Crippen LogP contribution in [0.25, 0.3) is 0 Å². The first kappa shape index (κ1) is 20.3. The molecule has 2 aromatic rings. The molecule has 0 atom stereocenters. The number of carbonyl (C=O) groups is 2. The summed E-state index contributed by atoms with van der Waals surface area (Å²) in [5, 5.41) is 0.799. The van der Waals surface area contributed by atoms with E-state index in [0.717, 1.165) is 0 Å². The Labute approximate surface area is 173 Å². The second-order valence-corrected chi connectivity index (χ2v) is 7.08. The molecule has 1 saturated heterocycles. The maximum Gasteiger partial charge on any atom is 0.260 e. The molecule has 0 radical (unpaired) electrons. The molecule has 0 aromatic heterocycles. The van der Waals surface area contributed by atoms with Crippen molar-refractivity contribution in [2.45, 2.75) is 0 Å². The van der Waals surface area contributed by atoms with Gasteiger partial charge in [0.25, 0.3) is 11.8 Å². The molecular formula is C20H20Cl2N2O4. The van der Waals surface area contributed by atoms with Crippen LogP contribution in [0.1, 0.15) is 10.4 Å². The van der Waals surface area contributed by atoms with Crippen molar-refractivity contribution in [3.8, 4) is 11.5 Å². The second kappa shape index (κ2) is 9.17. The van der Waals surface area contributed by atoms with Crippen LogP contribution in [-0.4, -0.2) is 61.5 Å². The number of amides is 2. The van der Waals surface area contributed by atoms with E-state index in [4.69, 9.17) is 32.7 Å². The third kappa shape index (κ3) is 4.69. The summed E-state index contributed by atoms with van der Waals surface area (Å²) >= 11 is 12.0. The van der Waals surface area contributed by atoms with Gasteiger partial charge in [-0.15, -0.1) is 0 Å². The summed E-state index contributed by atoms with van der Waals surface area (Å²) in [6.07, 6.45) is 0. The van der Waals surface area contributed by atoms with Crippen molar-refractivity contribution in [2.24, 2.45) is 0 Å². The molecule has 8 heteroatoms. The Morgan fingerprint density at radius 2 is 1.61 bits per heavy atom. The lowest BCUT2D eigenvalue weighted by molar-refractivity contribution is -0.134. The number of rotatable bonds is 5. The van der Waals surface area contributed by atoms with Gasteiger partial charge in [-0.1, -0.05) is 35.3 Å². The summed E-state index contributed by atoms with van der Waals surface area (Å²) in [6.45, 7) is 1.64. The van der Waals surface area contributed by atoms with Crippen molar-refractivity contribution in [1.82, 2.24) is 9.80 Å². The first-order chi connectivity index (χ1) is 13.5. The fraction of sp³-hybridized carbons (Fsp3) is 0.300. The highest BCUT2D eigenvalue weighted by atomic mass is 35.5. The summed E-state index contributed by atoms with van der Waals surface area (Å²) in [7, 11) is 1.55. The molecule has 1 fully saturated rings. The molecule has 2 amide bonds. The van der Waals surface area contributed by atoms with Gasteiger partial charge in [-0.3, -0.25) is 9.59 Å². The van der Waals surface area contributed by atoms with E-state index in [1.165, 1.54) is 0 Å². The molecule has 0 bridgehead atoms. The van der Waals surface area contributed by atoms with Crippen molar-refractivity contribution < 1.29 is 19.1 Å². The Bertz CT molecular complexity index is 867. The maximum atomic E-state index is 12.6. The highest BCUT2D eigenvalue weighted by Gasteiger charge is 2.26. The highest BCUT2D eigenvalue weighted by molar-refractivity contribution is 6.36. The van der Waals surface area contributed by atoms with Crippen molar-refractivity contribution in [3.63, 3.8) is 0 Å². The minimum absolute atomic E-state index is 0.0860. The fourth-order valence-corrected chi connectivity index (χ4v) is 3.45. The average molecular weight is 423 g/mol. The lowest BCUT2D eigenvalue weighted by atomic mass is 10.1. The van der Waals surface area contributed by atoms with E-state index in [1.807, 2.05) is 12.1 Å². The van der Waals surface area contributed by atoms with E-state index in [-0.39, 0.29) is 18.4 Å². The first-order valence-electron chi connectivity index (χ1n) is 8.77. The largest absolute Gasteiger partial charge is 0.493 e. The van der Waals surface area contributed by atoms with Gasteiger partial charge < -0.3 is 19.3 Å². The predicted octanol–water partition coefficient (Wildman–Crippen LogP) is 3.37. The number of para-hydroxylation sites is 2. The van der Waals surface area contributed by atoms with Crippen molar-refractivity contribution >= 4 is 35.0 Å². The number of methoxy groups -OCH3 is 1. The lowest BCUT2D eigenvalue weighted by Crippen LogP contribution is -2.51. The van der Waals surface area contributed by atoms with Crippen LogP contribution in [0.4, 0.5) is 0 Å². The molecule has 148 valence electrons. The summed E-state index contributed by atoms with van der Waals surface area (Å²) in [4.78, 5) is 28.4. The zero-order valence-corrected chi connectivity index (χ0v) is 16.9. The first-order valence-corrected chi connectivity index (χ1v) is 9.53. The maximum absolute atomic E-state index is 12.6. The molecular weight excluding hydrogens is 403 g/mol. The van der Waals surface area contributed by atoms with Gasteiger partial charge >= 0.3 is 0 Å². The van der Waals surface area contributed by atoms with Gasteiger partial charge in [-0.2, -0.15) is 0 Å². The van der Waals surface area contributed by atoms with Crippen LogP contribution in [0.5, 0.6) is 11.5 Å². The van der Waals surface area contributed by atoms with Crippen LogP contribution >= 0.6 is 23.2 Å². The van der Waals surface area contributed by atoms with Gasteiger partial charge in [0.2, 0.25) is 0 Å². The molecule has 0 spiro atoms. The molecule has 2 aromatic carbocycles. The van der Waals surface area contributed by atoms with E-state index < -0.39 is 0 Å². The molecule has 1 aliphatic rings. The second-order valence-electron chi connectivity index (χ2n) is 6.24. The molecule has 0 aliphatic carbocycles. The van der Waals surface area contributed by atoms with Crippen LogP contribution < -0.4 is 9.47 Å². The molecule has 0 N–H and O–H groups in total. The molecule has 1 aliphatic heterocycles. The molecule has 28 heavy (non-hydrogen) atoms. The Morgan fingerprint density at radius 3 is 2.25 bits per heavy atom. The molecule has 6 nitrogen and oxygen atoms in total. The van der Waals surface area contributed by atoms with Crippen LogP contribution in [0, 0.1) is 0 Å². The zero-order chi connectivity index (χ0) is 20.1. The monoisotopic (exact) mass is 422 g/mol. The predicted molar refractivity (Wildman–Crippen MR) is 107 cm³/mol. The van der Waals surface area contributed by atoms with Gasteiger partial charge in [-0.05, 0) is 30.3 Å². The number of ether oxygens (including phenoxy) is 2. The number of nitrogens with zero attached hydrogens (tertiary/aromatic N) is 2. The Hall–Kier alpha value is -2.44. The molecule has 3 rings (SSSR count). The van der Waals surface area contributed by atoms with Crippen LogP contribution in [0.2, 0.25) is 10.0 Å². The van der Waals surface area contributed by atoms with Gasteiger partial charge in [-0.25, -0.2) is 0 Å². The third-order valence-corrected chi connectivity index (χ3v) is 5.05. The number of hydrogen-bond acceptors (Lipinski definition) is 4. The van der Waals surface area contributed by atoms with Gasteiger partial charge in [0.15, 0.2) is 18.1 Å². The Balaban J connectivity index is 1.53. The average Bonchev–Trinajstić information content (AvgIpc) is 2.72. The van der Waals surface area contributed by atoms with E-state index in [0.29, 0.717) is 53.3 Å². The number of carbonyl (C=O) groups excluding carboxylic acids is 2. The van der Waals surface area contributed by atoms with Gasteiger partial charge in [0, 0.05) is 31.2 Å². The molecule has 0 unspecified atom stereocenters. The number of halogens is 2. The summed E-state index contributed by atoms with van der Waals surface area (Å²) < 4.78 is 10.8. The van der Waals surface area contributed by atoms with E-state index >= 15 is 0 Å². The van der Waals surface area contributed by atoms with E-state index in [9.17, 15) is 9.59 Å². The topological polar surface area (TPSA) is 59.1 Å². The van der Waals surface area contributed by atoms with Crippen molar-refractivity contribution in [2.75, 3.05) is 39.9 Å². The SMILES string of the molecule is COc1ccccc1OCC(=O)N1CCN(C(=O)c2ccc(Cl)cc2Cl)CC1. The van der Waals surface area contributed by atoms with Crippen LogP contribution in [0.3, 0.4) is 0 Å². The zero-order valence-electron chi connectivity index (χ0n) is 15.4. The fourth-order valence-electron chi connectivity index (χ4n) is 2.96. The van der Waals surface area contributed by atoms with Crippen LogP contribution in [-0.2, 0) is 4.79 Å². The van der Waals surface area contributed by atoms with Gasteiger partial charge in [0.1, 0.15) is 0 Å². The lowest BCUT2D eigenvalue weighted by Gasteiger charge is -2.35. The molecule has 1 heterocycles. The number of piperazine rings is 1. The summed E-state index contributed by atoms with van der Waals surface area (Å²) in [5.74, 6) is 0.789. The van der Waals surface area contributed by atoms with E-state index in [1.54, 1.807) is 47.2 Å². The number of hydrogen-bond donors (Lipinski definition) is 0. The standard InChI is InChI=1S/C20H20Cl2N2O4/c1-27-17-4-2-3-5-18(17)28-13-19(25)23-8-10-24(11-9-23)20(26)15-7-6-14(21)12-16(15)22/h2-7,12H,8-11,13H2,1H3. The Kier molecular flexibility index (Phi) is 6.65. The minimum Gasteiger partial charge on any atom is -0.493 e. The van der Waals surface area contributed by atoms with E-state index in [2.05, 4.69) is 0 Å².